The number of rotatable bonds is 8. The molecule has 2 rings (SSSR count). The molecule has 21 heavy (non-hydrogen) atoms. The maximum Gasteiger partial charge on any atom is 0.269 e. The van der Waals surface area contributed by atoms with Gasteiger partial charge in [0.05, 0.1) is 4.92 Å². The number of thioether (sulfide) groups is 1. The Morgan fingerprint density at radius 2 is 1.95 bits per heavy atom. The maximum atomic E-state index is 10.5. The van der Waals surface area contributed by atoms with Gasteiger partial charge >= 0.3 is 0 Å². The van der Waals surface area contributed by atoms with E-state index in [4.69, 9.17) is 4.74 Å². The number of nitro groups is 1. The summed E-state index contributed by atoms with van der Waals surface area (Å²) in [5, 5.41) is 13.9. The van der Waals surface area contributed by atoms with Crippen LogP contribution in [0.1, 0.15) is 0 Å². The molecule has 1 saturated heterocycles. The molecule has 0 bridgehead atoms. The van der Waals surface area contributed by atoms with Crippen LogP contribution < -0.4 is 10.1 Å². The molecule has 1 aliphatic heterocycles. The minimum absolute atomic E-state index is 0.0835. The van der Waals surface area contributed by atoms with E-state index in [1.807, 2.05) is 11.8 Å². The first kappa shape index (κ1) is 16.1. The Kier molecular flexibility index (Phi) is 6.78. The highest BCUT2D eigenvalue weighted by molar-refractivity contribution is 7.99. The highest BCUT2D eigenvalue weighted by Gasteiger charge is 2.09. The van der Waals surface area contributed by atoms with Crippen LogP contribution in [-0.4, -0.2) is 60.7 Å². The summed E-state index contributed by atoms with van der Waals surface area (Å²) < 4.78 is 5.53. The van der Waals surface area contributed by atoms with Crippen LogP contribution in [0.2, 0.25) is 0 Å². The summed E-state index contributed by atoms with van der Waals surface area (Å²) in [6.45, 7) is 5.76. The van der Waals surface area contributed by atoms with E-state index in [1.54, 1.807) is 12.1 Å². The first-order valence-corrected chi connectivity index (χ1v) is 8.29. The van der Waals surface area contributed by atoms with Crippen molar-refractivity contribution in [2.45, 2.75) is 0 Å². The number of hydrogen-bond acceptors (Lipinski definition) is 6. The van der Waals surface area contributed by atoms with E-state index < -0.39 is 4.92 Å². The molecule has 6 nitrogen and oxygen atoms in total. The third-order valence-electron chi connectivity index (χ3n) is 3.30. The molecule has 0 amide bonds. The lowest BCUT2D eigenvalue weighted by Gasteiger charge is -2.26. The molecule has 116 valence electrons. The lowest BCUT2D eigenvalue weighted by molar-refractivity contribution is -0.384. The molecule has 1 aromatic rings. The van der Waals surface area contributed by atoms with Gasteiger partial charge in [0.2, 0.25) is 0 Å². The van der Waals surface area contributed by atoms with Gasteiger partial charge in [-0.25, -0.2) is 0 Å². The average Bonchev–Trinajstić information content (AvgIpc) is 2.52. The van der Waals surface area contributed by atoms with E-state index in [1.165, 1.54) is 36.7 Å². The summed E-state index contributed by atoms with van der Waals surface area (Å²) in [6, 6.07) is 6.17. The number of ether oxygens (including phenoxy) is 1. The van der Waals surface area contributed by atoms with Crippen LogP contribution in [0.25, 0.3) is 0 Å². The van der Waals surface area contributed by atoms with Gasteiger partial charge in [-0.05, 0) is 12.1 Å². The molecule has 0 atom stereocenters. The largest absolute Gasteiger partial charge is 0.492 e. The van der Waals surface area contributed by atoms with Crippen LogP contribution in [0.3, 0.4) is 0 Å². The van der Waals surface area contributed by atoms with E-state index in [-0.39, 0.29) is 5.69 Å². The highest BCUT2D eigenvalue weighted by atomic mass is 32.2. The van der Waals surface area contributed by atoms with Crippen LogP contribution in [0, 0.1) is 10.1 Å². The van der Waals surface area contributed by atoms with Crippen LogP contribution in [0.4, 0.5) is 5.69 Å². The molecule has 0 aromatic heterocycles. The summed E-state index contributed by atoms with van der Waals surface area (Å²) in [6.07, 6.45) is 0. The average molecular weight is 311 g/mol. The molecule has 0 radical (unpaired) electrons. The second-order valence-electron chi connectivity index (χ2n) is 4.80. The van der Waals surface area contributed by atoms with Crippen LogP contribution in [0.15, 0.2) is 24.3 Å². The predicted molar refractivity (Wildman–Crippen MR) is 85.2 cm³/mol. The molecule has 1 aliphatic rings. The molecule has 1 heterocycles. The van der Waals surface area contributed by atoms with Crippen LogP contribution >= 0.6 is 11.8 Å². The van der Waals surface area contributed by atoms with Gasteiger partial charge in [0.15, 0.2) is 0 Å². The van der Waals surface area contributed by atoms with Crippen molar-refractivity contribution >= 4 is 17.4 Å². The Hall–Kier alpha value is -1.31. The van der Waals surface area contributed by atoms with Gasteiger partial charge in [-0.1, -0.05) is 0 Å². The lowest BCUT2D eigenvalue weighted by Crippen LogP contribution is -2.38. The molecule has 0 saturated carbocycles. The summed E-state index contributed by atoms with van der Waals surface area (Å²) in [5.41, 5.74) is 0.0835. The van der Waals surface area contributed by atoms with Crippen molar-refractivity contribution in [3.63, 3.8) is 0 Å². The Bertz CT molecular complexity index is 436. The molecule has 0 unspecified atom stereocenters. The fraction of sp³-hybridized carbons (Fsp3) is 0.571. The molecule has 7 heteroatoms. The van der Waals surface area contributed by atoms with Crippen molar-refractivity contribution in [3.8, 4) is 5.75 Å². The van der Waals surface area contributed by atoms with E-state index in [0.29, 0.717) is 12.4 Å². The second-order valence-corrected chi connectivity index (χ2v) is 6.03. The zero-order valence-electron chi connectivity index (χ0n) is 12.0. The first-order chi connectivity index (χ1) is 10.3. The van der Waals surface area contributed by atoms with E-state index in [0.717, 1.165) is 19.6 Å². The quantitative estimate of drug-likeness (QED) is 0.447. The molecule has 0 aliphatic carbocycles. The lowest BCUT2D eigenvalue weighted by atomic mass is 10.3. The van der Waals surface area contributed by atoms with Crippen molar-refractivity contribution < 1.29 is 9.66 Å². The van der Waals surface area contributed by atoms with Gasteiger partial charge in [-0.3, -0.25) is 10.1 Å². The van der Waals surface area contributed by atoms with Gasteiger partial charge in [0.25, 0.3) is 5.69 Å². The molecule has 1 fully saturated rings. The standard InChI is InChI=1S/C14H21N3O3S/c18-17(19)13-1-3-14(4-2-13)20-10-6-15-5-7-16-8-11-21-12-9-16/h1-4,15H,5-12H2. The number of hydrogen-bond donors (Lipinski definition) is 1. The number of nitro benzene ring substituents is 1. The highest BCUT2D eigenvalue weighted by Crippen LogP contribution is 2.16. The van der Waals surface area contributed by atoms with Gasteiger partial charge < -0.3 is 15.0 Å². The fourth-order valence-electron chi connectivity index (χ4n) is 2.09. The van der Waals surface area contributed by atoms with Gasteiger partial charge in [0, 0.05) is 56.4 Å². The summed E-state index contributed by atoms with van der Waals surface area (Å²) >= 11 is 2.02. The normalized spacial score (nSPS) is 15.8. The molecule has 1 N–H and O–H groups in total. The molecule has 0 spiro atoms. The van der Waals surface area contributed by atoms with Crippen molar-refractivity contribution in [3.05, 3.63) is 34.4 Å². The molecular formula is C14H21N3O3S. The zero-order valence-corrected chi connectivity index (χ0v) is 12.8. The van der Waals surface area contributed by atoms with Crippen LogP contribution in [-0.2, 0) is 0 Å². The van der Waals surface area contributed by atoms with Crippen molar-refractivity contribution in [2.75, 3.05) is 50.8 Å². The summed E-state index contributed by atoms with van der Waals surface area (Å²) in [5.74, 6) is 3.14. The SMILES string of the molecule is O=[N+]([O-])c1ccc(OCCNCCN2CCSCC2)cc1. The van der Waals surface area contributed by atoms with Gasteiger partial charge in [-0.15, -0.1) is 0 Å². The van der Waals surface area contributed by atoms with Crippen molar-refractivity contribution in [1.29, 1.82) is 0 Å². The Balaban J connectivity index is 1.54. The van der Waals surface area contributed by atoms with E-state index in [9.17, 15) is 10.1 Å². The maximum absolute atomic E-state index is 10.5. The number of non-ortho nitro benzene ring substituents is 1. The minimum Gasteiger partial charge on any atom is -0.492 e. The summed E-state index contributed by atoms with van der Waals surface area (Å²) in [4.78, 5) is 12.6. The zero-order chi connectivity index (χ0) is 14.9. The van der Waals surface area contributed by atoms with E-state index >= 15 is 0 Å². The van der Waals surface area contributed by atoms with Gasteiger partial charge in [0.1, 0.15) is 12.4 Å². The topological polar surface area (TPSA) is 67.6 Å². The van der Waals surface area contributed by atoms with Crippen LogP contribution in [0.5, 0.6) is 5.75 Å². The smallest absolute Gasteiger partial charge is 0.269 e. The fourth-order valence-corrected chi connectivity index (χ4v) is 3.07. The number of nitrogens with zero attached hydrogens (tertiary/aromatic N) is 2. The summed E-state index contributed by atoms with van der Waals surface area (Å²) in [7, 11) is 0. The van der Waals surface area contributed by atoms with Crippen molar-refractivity contribution in [1.82, 2.24) is 10.2 Å². The Labute approximate surface area is 129 Å². The predicted octanol–water partition coefficient (Wildman–Crippen LogP) is 1.61. The molecule has 1 aromatic carbocycles. The molecular weight excluding hydrogens is 290 g/mol. The number of nitrogens with one attached hydrogen (secondary N) is 1. The first-order valence-electron chi connectivity index (χ1n) is 7.14. The third-order valence-corrected chi connectivity index (χ3v) is 4.25. The second kappa shape index (κ2) is 8.86. The Morgan fingerprint density at radius 1 is 1.24 bits per heavy atom. The van der Waals surface area contributed by atoms with Gasteiger partial charge in [-0.2, -0.15) is 11.8 Å². The Morgan fingerprint density at radius 3 is 2.62 bits per heavy atom. The monoisotopic (exact) mass is 311 g/mol. The van der Waals surface area contributed by atoms with Crippen molar-refractivity contribution in [2.24, 2.45) is 0 Å². The number of benzene rings is 1. The third kappa shape index (κ3) is 5.91. The minimum atomic E-state index is -0.412. The van der Waals surface area contributed by atoms with E-state index in [2.05, 4.69) is 10.2 Å².